The number of imide groups is 2. The molecule has 7 nitrogen and oxygen atoms in total. The van der Waals surface area contributed by atoms with Gasteiger partial charge in [0.2, 0.25) is 0 Å². The van der Waals surface area contributed by atoms with Crippen LogP contribution in [0, 0.1) is 0 Å². The summed E-state index contributed by atoms with van der Waals surface area (Å²) < 4.78 is 0. The number of allylic oxidation sites excluding steroid dienone is 3. The van der Waals surface area contributed by atoms with Crippen LogP contribution in [-0.2, 0) is 9.59 Å². The molecule has 118 valence electrons. The first-order valence-electron chi connectivity index (χ1n) is 7.05. The van der Waals surface area contributed by atoms with Crippen molar-refractivity contribution in [2.75, 3.05) is 27.2 Å². The maximum atomic E-state index is 11.9. The Hall–Kier alpha value is -2.57. The van der Waals surface area contributed by atoms with Crippen molar-refractivity contribution >= 4 is 17.8 Å². The molecule has 7 heteroatoms. The molecule has 0 saturated carbocycles. The number of likely N-dealkylation sites (N-methyl/N-ethyl adjacent to an activating group) is 2. The number of barbiturate groups is 1. The number of aliphatic hydroxyl groups excluding tert-OH is 1. The highest BCUT2D eigenvalue weighted by Crippen LogP contribution is 2.16. The Kier molecular flexibility index (Phi) is 4.65. The lowest BCUT2D eigenvalue weighted by molar-refractivity contribution is -0.134. The minimum Gasteiger partial charge on any atom is -0.508 e. The van der Waals surface area contributed by atoms with Crippen molar-refractivity contribution < 1.29 is 19.5 Å². The van der Waals surface area contributed by atoms with Gasteiger partial charge in [0.15, 0.2) is 0 Å². The van der Waals surface area contributed by atoms with Crippen LogP contribution in [0.5, 0.6) is 0 Å². The summed E-state index contributed by atoms with van der Waals surface area (Å²) in [4.78, 5) is 39.2. The van der Waals surface area contributed by atoms with E-state index in [-0.39, 0.29) is 11.3 Å². The molecule has 0 aliphatic carbocycles. The van der Waals surface area contributed by atoms with Crippen molar-refractivity contribution in [3.8, 4) is 0 Å². The number of amides is 4. The molecule has 0 aromatic carbocycles. The van der Waals surface area contributed by atoms with E-state index >= 15 is 0 Å². The zero-order valence-corrected chi connectivity index (χ0v) is 12.7. The molecule has 0 aromatic heterocycles. The minimum atomic E-state index is -0.725. The second kappa shape index (κ2) is 6.46. The van der Waals surface area contributed by atoms with E-state index in [0.29, 0.717) is 0 Å². The predicted molar refractivity (Wildman–Crippen MR) is 79.7 cm³/mol. The molecule has 0 aromatic rings. The van der Waals surface area contributed by atoms with Gasteiger partial charge in [0.25, 0.3) is 11.8 Å². The Morgan fingerprint density at radius 2 is 1.59 bits per heavy atom. The number of hydrogen-bond donors (Lipinski definition) is 1. The zero-order chi connectivity index (χ0) is 16.3. The number of nitrogens with zero attached hydrogens (tertiary/aromatic N) is 3. The van der Waals surface area contributed by atoms with Crippen LogP contribution < -0.4 is 0 Å². The summed E-state index contributed by atoms with van der Waals surface area (Å²) in [6.07, 6.45) is 8.31. The van der Waals surface area contributed by atoms with E-state index in [9.17, 15) is 19.5 Å². The van der Waals surface area contributed by atoms with Gasteiger partial charge in [-0.1, -0.05) is 0 Å². The number of likely N-dealkylation sites (tertiary alicyclic amines) is 1. The van der Waals surface area contributed by atoms with E-state index in [0.717, 1.165) is 41.8 Å². The van der Waals surface area contributed by atoms with Crippen LogP contribution in [0.4, 0.5) is 4.79 Å². The monoisotopic (exact) mass is 305 g/mol. The van der Waals surface area contributed by atoms with Crippen LogP contribution >= 0.6 is 0 Å². The number of carbonyl (C=O) groups is 3. The maximum absolute atomic E-state index is 11.9. The van der Waals surface area contributed by atoms with Gasteiger partial charge in [-0.3, -0.25) is 19.4 Å². The molecule has 22 heavy (non-hydrogen) atoms. The van der Waals surface area contributed by atoms with Crippen LogP contribution in [0.1, 0.15) is 12.8 Å². The summed E-state index contributed by atoms with van der Waals surface area (Å²) in [7, 11) is 2.57. The molecule has 1 N–H and O–H groups in total. The van der Waals surface area contributed by atoms with E-state index in [1.807, 2.05) is 6.20 Å². The highest BCUT2D eigenvalue weighted by molar-refractivity contribution is 6.28. The van der Waals surface area contributed by atoms with Crippen LogP contribution in [0.2, 0.25) is 0 Å². The topological polar surface area (TPSA) is 81.2 Å². The van der Waals surface area contributed by atoms with E-state index < -0.39 is 17.8 Å². The highest BCUT2D eigenvalue weighted by atomic mass is 16.3. The van der Waals surface area contributed by atoms with Gasteiger partial charge in [-0.25, -0.2) is 4.79 Å². The first-order valence-corrected chi connectivity index (χ1v) is 7.05. The van der Waals surface area contributed by atoms with Crippen LogP contribution in [0.3, 0.4) is 0 Å². The van der Waals surface area contributed by atoms with Crippen LogP contribution in [-0.4, -0.2) is 64.8 Å². The molecule has 0 bridgehead atoms. The third-order valence-electron chi connectivity index (χ3n) is 3.64. The summed E-state index contributed by atoms with van der Waals surface area (Å²) in [5, 5.41) is 9.84. The van der Waals surface area contributed by atoms with Gasteiger partial charge in [-0.2, -0.15) is 0 Å². The van der Waals surface area contributed by atoms with Crippen molar-refractivity contribution in [2.24, 2.45) is 0 Å². The van der Waals surface area contributed by atoms with Gasteiger partial charge in [-0.15, -0.1) is 0 Å². The molecule has 4 amide bonds. The Balaban J connectivity index is 2.13. The largest absolute Gasteiger partial charge is 0.508 e. The lowest BCUT2D eigenvalue weighted by atomic mass is 10.1. The average molecular weight is 305 g/mol. The van der Waals surface area contributed by atoms with Gasteiger partial charge >= 0.3 is 6.03 Å². The molecule has 0 atom stereocenters. The summed E-state index contributed by atoms with van der Waals surface area (Å²) in [6, 6.07) is -0.690. The number of urea groups is 1. The average Bonchev–Trinajstić information content (AvgIpc) is 3.01. The van der Waals surface area contributed by atoms with Gasteiger partial charge in [0.05, 0.1) is 0 Å². The lowest BCUT2D eigenvalue weighted by Gasteiger charge is -2.28. The highest BCUT2D eigenvalue weighted by Gasteiger charge is 2.37. The first kappa shape index (κ1) is 15.8. The predicted octanol–water partition coefficient (Wildman–Crippen LogP) is 1.01. The fourth-order valence-corrected chi connectivity index (χ4v) is 2.33. The van der Waals surface area contributed by atoms with Crippen molar-refractivity contribution in [3.63, 3.8) is 0 Å². The Bertz CT molecular complexity index is 560. The van der Waals surface area contributed by atoms with Crippen LogP contribution in [0.15, 0.2) is 35.8 Å². The molecule has 0 unspecified atom stereocenters. The van der Waals surface area contributed by atoms with E-state index in [2.05, 4.69) is 4.90 Å². The molecule has 0 spiro atoms. The van der Waals surface area contributed by atoms with E-state index in [4.69, 9.17) is 0 Å². The first-order chi connectivity index (χ1) is 10.4. The molecular weight excluding hydrogens is 286 g/mol. The second-order valence-corrected chi connectivity index (χ2v) is 5.25. The summed E-state index contributed by atoms with van der Waals surface area (Å²) in [6.45, 7) is 1.97. The van der Waals surface area contributed by atoms with Crippen molar-refractivity contribution in [3.05, 3.63) is 35.8 Å². The summed E-state index contributed by atoms with van der Waals surface area (Å²) in [5.74, 6) is -1.67. The number of aliphatic hydroxyl groups is 1. The summed E-state index contributed by atoms with van der Waals surface area (Å²) in [5.41, 5.74) is -0.243. The SMILES string of the molecule is CN1C(=O)C(=C/C(O)=C/C=C/N2CCCC2)C(=O)N(C)C1=O. The smallest absolute Gasteiger partial charge is 0.333 e. The molecule has 0 radical (unpaired) electrons. The maximum Gasteiger partial charge on any atom is 0.333 e. The molecule has 2 aliphatic heterocycles. The molecule has 2 rings (SSSR count). The third-order valence-corrected chi connectivity index (χ3v) is 3.64. The van der Waals surface area contributed by atoms with Gasteiger partial charge in [-0.05, 0) is 37.3 Å². The Morgan fingerprint density at radius 1 is 1.05 bits per heavy atom. The van der Waals surface area contributed by atoms with E-state index in [1.165, 1.54) is 20.2 Å². The van der Waals surface area contributed by atoms with Crippen LogP contribution in [0.25, 0.3) is 0 Å². The minimum absolute atomic E-state index is 0.219. The number of hydrogen-bond acceptors (Lipinski definition) is 5. The van der Waals surface area contributed by atoms with E-state index in [1.54, 1.807) is 6.08 Å². The second-order valence-electron chi connectivity index (χ2n) is 5.25. The Morgan fingerprint density at radius 3 is 2.14 bits per heavy atom. The molecule has 2 fully saturated rings. The number of rotatable bonds is 3. The van der Waals surface area contributed by atoms with Crippen molar-refractivity contribution in [2.45, 2.75) is 12.8 Å². The Labute approximate surface area is 128 Å². The molecular formula is C15H19N3O4. The quantitative estimate of drug-likeness (QED) is 0.364. The fraction of sp³-hybridized carbons (Fsp3) is 0.400. The van der Waals surface area contributed by atoms with Gasteiger partial charge in [0.1, 0.15) is 11.3 Å². The molecule has 2 saturated heterocycles. The van der Waals surface area contributed by atoms with Crippen molar-refractivity contribution in [1.82, 2.24) is 14.7 Å². The van der Waals surface area contributed by atoms with Gasteiger partial charge in [0, 0.05) is 27.2 Å². The molecule has 2 heterocycles. The zero-order valence-electron chi connectivity index (χ0n) is 12.7. The van der Waals surface area contributed by atoms with Gasteiger partial charge < -0.3 is 10.0 Å². The normalized spacial score (nSPS) is 20.6. The fourth-order valence-electron chi connectivity index (χ4n) is 2.33. The molecule has 2 aliphatic rings. The standard InChI is InChI=1S/C15H19N3O4/c1-16-13(20)12(14(21)17(2)15(16)22)10-11(19)6-5-9-18-7-3-4-8-18/h5-6,9-10,19H,3-4,7-8H2,1-2H3/b9-5+,11-6-. The lowest BCUT2D eigenvalue weighted by Crippen LogP contribution is -2.53. The van der Waals surface area contributed by atoms with Crippen molar-refractivity contribution in [1.29, 1.82) is 0 Å². The number of carbonyl (C=O) groups excluding carboxylic acids is 3. The summed E-state index contributed by atoms with van der Waals surface area (Å²) >= 11 is 0. The third kappa shape index (κ3) is 3.19.